The van der Waals surface area contributed by atoms with E-state index in [9.17, 15) is 0 Å². The molecule has 3 rings (SSSR count). The molecule has 1 aliphatic rings. The van der Waals surface area contributed by atoms with Crippen LogP contribution in [0, 0.1) is 6.92 Å². The van der Waals surface area contributed by atoms with Crippen LogP contribution in [0.15, 0.2) is 24.4 Å². The van der Waals surface area contributed by atoms with Crippen LogP contribution >= 0.6 is 0 Å². The maximum Gasteiger partial charge on any atom is 0.151 e. The molecule has 6 nitrogen and oxygen atoms in total. The van der Waals surface area contributed by atoms with Crippen LogP contribution in [0.4, 0.5) is 11.6 Å². The molecule has 122 valence electrons. The van der Waals surface area contributed by atoms with Crippen molar-refractivity contribution < 1.29 is 0 Å². The van der Waals surface area contributed by atoms with Crippen molar-refractivity contribution in [1.82, 2.24) is 20.2 Å². The van der Waals surface area contributed by atoms with Crippen LogP contribution in [-0.2, 0) is 6.42 Å². The van der Waals surface area contributed by atoms with Crippen molar-refractivity contribution in [1.29, 1.82) is 0 Å². The highest BCUT2D eigenvalue weighted by atomic mass is 15.3. The van der Waals surface area contributed by atoms with Crippen LogP contribution in [0.1, 0.15) is 31.3 Å². The largest absolute Gasteiger partial charge is 0.356 e. The van der Waals surface area contributed by atoms with Gasteiger partial charge >= 0.3 is 0 Å². The summed E-state index contributed by atoms with van der Waals surface area (Å²) in [6.45, 7) is 6.12. The Morgan fingerprint density at radius 1 is 1.26 bits per heavy atom. The summed E-state index contributed by atoms with van der Waals surface area (Å²) in [7, 11) is 2.11. The van der Waals surface area contributed by atoms with Crippen LogP contribution in [0.3, 0.4) is 0 Å². The first-order valence-electron chi connectivity index (χ1n) is 8.27. The SMILES string of the molecule is CCc1cc(N2CCC(N(C)c3cccnn3)CC2)nc(C)n1. The summed E-state index contributed by atoms with van der Waals surface area (Å²) < 4.78 is 0. The third-order valence-corrected chi connectivity index (χ3v) is 4.50. The van der Waals surface area contributed by atoms with Gasteiger partial charge in [0, 0.05) is 44.1 Å². The van der Waals surface area contributed by atoms with Crippen molar-refractivity contribution >= 4 is 11.6 Å². The smallest absolute Gasteiger partial charge is 0.151 e. The quantitative estimate of drug-likeness (QED) is 0.863. The maximum atomic E-state index is 4.61. The van der Waals surface area contributed by atoms with Crippen LogP contribution in [0.5, 0.6) is 0 Å². The molecule has 23 heavy (non-hydrogen) atoms. The maximum absolute atomic E-state index is 4.61. The molecule has 3 heterocycles. The summed E-state index contributed by atoms with van der Waals surface area (Å²) in [5, 5.41) is 8.18. The third kappa shape index (κ3) is 3.57. The van der Waals surface area contributed by atoms with E-state index in [-0.39, 0.29) is 0 Å². The van der Waals surface area contributed by atoms with E-state index in [1.807, 2.05) is 19.1 Å². The molecule has 1 aliphatic heterocycles. The van der Waals surface area contributed by atoms with Gasteiger partial charge in [-0.3, -0.25) is 0 Å². The molecule has 0 N–H and O–H groups in total. The lowest BCUT2D eigenvalue weighted by molar-refractivity contribution is 0.476. The molecule has 0 radical (unpaired) electrons. The first-order valence-corrected chi connectivity index (χ1v) is 8.27. The first-order chi connectivity index (χ1) is 11.2. The summed E-state index contributed by atoms with van der Waals surface area (Å²) in [5.74, 6) is 2.87. The van der Waals surface area contributed by atoms with E-state index >= 15 is 0 Å². The summed E-state index contributed by atoms with van der Waals surface area (Å²) in [5.41, 5.74) is 1.12. The van der Waals surface area contributed by atoms with Gasteiger partial charge in [-0.2, -0.15) is 5.10 Å². The molecule has 6 heteroatoms. The van der Waals surface area contributed by atoms with Gasteiger partial charge in [0.2, 0.25) is 0 Å². The standard InChI is InChI=1S/C17H24N6/c1-4-14-12-17(20-13(2)19-14)23-10-7-15(8-11-23)22(3)16-6-5-9-18-21-16/h5-6,9,12,15H,4,7-8,10-11H2,1-3H3. The van der Waals surface area contributed by atoms with Crippen LogP contribution in [-0.4, -0.2) is 46.3 Å². The van der Waals surface area contributed by atoms with Gasteiger partial charge in [-0.25, -0.2) is 9.97 Å². The Kier molecular flexibility index (Phi) is 4.69. The van der Waals surface area contributed by atoms with Crippen LogP contribution in [0.2, 0.25) is 0 Å². The average molecular weight is 312 g/mol. The predicted octanol–water partition coefficient (Wildman–Crippen LogP) is 2.24. The number of aromatic nitrogens is 4. The molecular weight excluding hydrogens is 288 g/mol. The molecule has 0 aliphatic carbocycles. The minimum atomic E-state index is 0.497. The van der Waals surface area contributed by atoms with Crippen LogP contribution in [0.25, 0.3) is 0 Å². The van der Waals surface area contributed by atoms with E-state index in [2.05, 4.69) is 50.0 Å². The zero-order valence-electron chi connectivity index (χ0n) is 14.1. The van der Waals surface area contributed by atoms with Crippen molar-refractivity contribution in [2.45, 2.75) is 39.2 Å². The van der Waals surface area contributed by atoms with Gasteiger partial charge in [0.05, 0.1) is 0 Å². The van der Waals surface area contributed by atoms with E-state index in [1.54, 1.807) is 6.20 Å². The van der Waals surface area contributed by atoms with Gasteiger partial charge in [-0.1, -0.05) is 6.92 Å². The number of aryl methyl sites for hydroxylation is 2. The molecular formula is C17H24N6. The van der Waals surface area contributed by atoms with E-state index in [0.717, 1.165) is 55.5 Å². The first kappa shape index (κ1) is 15.6. The second-order valence-electron chi connectivity index (χ2n) is 6.03. The van der Waals surface area contributed by atoms with E-state index < -0.39 is 0 Å². The van der Waals surface area contributed by atoms with Gasteiger partial charge in [0.15, 0.2) is 5.82 Å². The molecule has 2 aromatic heterocycles. The Labute approximate surface area is 137 Å². The second-order valence-corrected chi connectivity index (χ2v) is 6.03. The molecule has 0 bridgehead atoms. The molecule has 2 aromatic rings. The summed E-state index contributed by atoms with van der Waals surface area (Å²) in [4.78, 5) is 13.7. The minimum Gasteiger partial charge on any atom is -0.356 e. The lowest BCUT2D eigenvalue weighted by Crippen LogP contribution is -2.44. The van der Waals surface area contributed by atoms with Gasteiger partial charge in [-0.15, -0.1) is 5.10 Å². The fourth-order valence-electron chi connectivity index (χ4n) is 3.11. The molecule has 0 unspecified atom stereocenters. The molecule has 0 aromatic carbocycles. The normalized spacial score (nSPS) is 15.7. The van der Waals surface area contributed by atoms with Gasteiger partial charge < -0.3 is 9.80 Å². The molecule has 1 saturated heterocycles. The Balaban J connectivity index is 1.65. The number of nitrogens with zero attached hydrogens (tertiary/aromatic N) is 6. The average Bonchev–Trinajstić information content (AvgIpc) is 2.61. The number of anilines is 2. The Hall–Kier alpha value is -2.24. The third-order valence-electron chi connectivity index (χ3n) is 4.50. The van der Waals surface area contributed by atoms with E-state index in [0.29, 0.717) is 6.04 Å². The van der Waals surface area contributed by atoms with Gasteiger partial charge in [-0.05, 0) is 38.3 Å². The molecule has 0 saturated carbocycles. The minimum absolute atomic E-state index is 0.497. The highest BCUT2D eigenvalue weighted by molar-refractivity contribution is 5.42. The van der Waals surface area contributed by atoms with Gasteiger partial charge in [0.1, 0.15) is 11.6 Å². The number of hydrogen-bond acceptors (Lipinski definition) is 6. The van der Waals surface area contributed by atoms with Crippen LogP contribution < -0.4 is 9.80 Å². The van der Waals surface area contributed by atoms with Gasteiger partial charge in [0.25, 0.3) is 0 Å². The zero-order chi connectivity index (χ0) is 16.2. The molecule has 0 atom stereocenters. The highest BCUT2D eigenvalue weighted by Crippen LogP contribution is 2.23. The number of hydrogen-bond donors (Lipinski definition) is 0. The summed E-state index contributed by atoms with van der Waals surface area (Å²) >= 11 is 0. The number of piperidine rings is 1. The zero-order valence-corrected chi connectivity index (χ0v) is 14.1. The summed E-state index contributed by atoms with van der Waals surface area (Å²) in [6, 6.07) is 6.57. The highest BCUT2D eigenvalue weighted by Gasteiger charge is 2.24. The lowest BCUT2D eigenvalue weighted by atomic mass is 10.0. The predicted molar refractivity (Wildman–Crippen MR) is 91.8 cm³/mol. The van der Waals surface area contributed by atoms with Crippen molar-refractivity contribution in [2.75, 3.05) is 29.9 Å². The Morgan fingerprint density at radius 2 is 2.04 bits per heavy atom. The van der Waals surface area contributed by atoms with E-state index in [4.69, 9.17) is 0 Å². The van der Waals surface area contributed by atoms with Crippen molar-refractivity contribution in [2.24, 2.45) is 0 Å². The monoisotopic (exact) mass is 312 g/mol. The summed E-state index contributed by atoms with van der Waals surface area (Å²) in [6.07, 6.45) is 4.85. The van der Waals surface area contributed by atoms with E-state index in [1.165, 1.54) is 0 Å². The number of rotatable bonds is 4. The van der Waals surface area contributed by atoms with Crippen molar-refractivity contribution in [3.63, 3.8) is 0 Å². The molecule has 1 fully saturated rings. The fraction of sp³-hybridized carbons (Fsp3) is 0.529. The fourth-order valence-corrected chi connectivity index (χ4v) is 3.11. The topological polar surface area (TPSA) is 58.0 Å². The second kappa shape index (κ2) is 6.89. The van der Waals surface area contributed by atoms with Crippen molar-refractivity contribution in [3.05, 3.63) is 35.9 Å². The Bertz CT molecular complexity index is 637. The van der Waals surface area contributed by atoms with Crippen molar-refractivity contribution in [3.8, 4) is 0 Å². The lowest BCUT2D eigenvalue weighted by Gasteiger charge is -2.37. The Morgan fingerprint density at radius 3 is 2.70 bits per heavy atom. The molecule has 0 spiro atoms. The molecule has 0 amide bonds.